The topological polar surface area (TPSA) is 56.2 Å². The normalized spacial score (nSPS) is 12.8. The molecular formula is C15H27N3O2. The molecule has 5 heteroatoms. The molecule has 0 spiro atoms. The van der Waals surface area contributed by atoms with Crippen LogP contribution < -0.4 is 5.32 Å². The summed E-state index contributed by atoms with van der Waals surface area (Å²) >= 11 is 0. The molecule has 1 aromatic heterocycles. The zero-order valence-corrected chi connectivity index (χ0v) is 13.5. The molecule has 0 saturated heterocycles. The molecule has 0 aliphatic rings. The minimum Gasteiger partial charge on any atom is -0.468 e. The van der Waals surface area contributed by atoms with E-state index in [0.717, 1.165) is 12.1 Å². The van der Waals surface area contributed by atoms with Gasteiger partial charge in [-0.15, -0.1) is 0 Å². The third kappa shape index (κ3) is 4.07. The number of nitrogens with zero attached hydrogens (tertiary/aromatic N) is 2. The van der Waals surface area contributed by atoms with Gasteiger partial charge in [0.2, 0.25) is 0 Å². The molecule has 0 aliphatic heterocycles. The van der Waals surface area contributed by atoms with E-state index in [9.17, 15) is 4.79 Å². The van der Waals surface area contributed by atoms with Gasteiger partial charge in [0.05, 0.1) is 12.8 Å². The second kappa shape index (κ2) is 7.43. The van der Waals surface area contributed by atoms with Crippen molar-refractivity contribution >= 4 is 5.97 Å². The third-order valence-corrected chi connectivity index (χ3v) is 3.53. The summed E-state index contributed by atoms with van der Waals surface area (Å²) in [4.78, 5) is 11.8. The summed E-state index contributed by atoms with van der Waals surface area (Å²) in [5.41, 5.74) is 3.58. The fourth-order valence-electron chi connectivity index (χ4n) is 2.53. The highest BCUT2D eigenvalue weighted by Gasteiger charge is 2.20. The maximum atomic E-state index is 11.8. The number of carbonyl (C=O) groups is 1. The van der Waals surface area contributed by atoms with Gasteiger partial charge in [-0.25, -0.2) is 0 Å². The fraction of sp³-hybridized carbons (Fsp3) is 0.733. The summed E-state index contributed by atoms with van der Waals surface area (Å²) in [6.45, 7) is 11.0. The summed E-state index contributed by atoms with van der Waals surface area (Å²) in [6.07, 6.45) is 1.66. The number of hydrogen-bond donors (Lipinski definition) is 1. The van der Waals surface area contributed by atoms with E-state index in [4.69, 9.17) is 4.74 Å². The molecular weight excluding hydrogens is 254 g/mol. The Morgan fingerprint density at radius 1 is 1.40 bits per heavy atom. The first-order valence-corrected chi connectivity index (χ1v) is 7.27. The van der Waals surface area contributed by atoms with Crippen molar-refractivity contribution < 1.29 is 9.53 Å². The molecule has 1 aromatic rings. The average molecular weight is 281 g/mol. The summed E-state index contributed by atoms with van der Waals surface area (Å²) in [5.74, 6) is -0.212. The molecule has 1 N–H and O–H groups in total. The largest absolute Gasteiger partial charge is 0.468 e. The van der Waals surface area contributed by atoms with Crippen molar-refractivity contribution in [2.75, 3.05) is 7.11 Å². The highest BCUT2D eigenvalue weighted by Crippen LogP contribution is 2.14. The molecule has 1 unspecified atom stereocenters. The van der Waals surface area contributed by atoms with Gasteiger partial charge in [-0.1, -0.05) is 20.8 Å². The van der Waals surface area contributed by atoms with Crippen LogP contribution >= 0.6 is 0 Å². The van der Waals surface area contributed by atoms with Crippen molar-refractivity contribution in [3.8, 4) is 0 Å². The van der Waals surface area contributed by atoms with Gasteiger partial charge in [-0.3, -0.25) is 9.48 Å². The first-order chi connectivity index (χ1) is 9.40. The molecule has 20 heavy (non-hydrogen) atoms. The van der Waals surface area contributed by atoms with E-state index < -0.39 is 0 Å². The van der Waals surface area contributed by atoms with Gasteiger partial charge in [-0.05, 0) is 32.3 Å². The number of rotatable bonds is 7. The number of nitrogens with one attached hydrogen (secondary N) is 1. The molecule has 0 saturated carbocycles. The summed E-state index contributed by atoms with van der Waals surface area (Å²) in [7, 11) is 1.43. The third-order valence-electron chi connectivity index (χ3n) is 3.53. The number of carbonyl (C=O) groups excluding carboxylic acids is 1. The Balaban J connectivity index is 2.74. The number of ether oxygens (including phenoxy) is 1. The zero-order valence-electron chi connectivity index (χ0n) is 13.5. The standard InChI is InChI=1S/C15H27N3O2/c1-7-13-11(4)17-18(12(13)5)9-8-14(15(19)20-6)16-10(2)3/h10,14,16H,7-9H2,1-6H3. The van der Waals surface area contributed by atoms with E-state index in [0.29, 0.717) is 13.0 Å². The molecule has 0 bridgehead atoms. The SMILES string of the molecule is CCc1c(C)nn(CCC(NC(C)C)C(=O)OC)c1C. The second-order valence-corrected chi connectivity index (χ2v) is 5.41. The molecule has 1 heterocycles. The minimum atomic E-state index is -0.283. The maximum Gasteiger partial charge on any atom is 0.322 e. The zero-order chi connectivity index (χ0) is 15.3. The van der Waals surface area contributed by atoms with Crippen LogP contribution in [0.3, 0.4) is 0 Å². The van der Waals surface area contributed by atoms with E-state index >= 15 is 0 Å². The molecule has 1 rings (SSSR count). The Bertz CT molecular complexity index is 452. The molecule has 0 amide bonds. The highest BCUT2D eigenvalue weighted by molar-refractivity contribution is 5.75. The first-order valence-electron chi connectivity index (χ1n) is 7.27. The van der Waals surface area contributed by atoms with Crippen LogP contribution in [0, 0.1) is 13.8 Å². The van der Waals surface area contributed by atoms with Gasteiger partial charge >= 0.3 is 5.97 Å². The van der Waals surface area contributed by atoms with E-state index in [1.165, 1.54) is 18.4 Å². The molecule has 0 fully saturated rings. The fourth-order valence-corrected chi connectivity index (χ4v) is 2.53. The average Bonchev–Trinajstić information content (AvgIpc) is 2.67. The van der Waals surface area contributed by atoms with Crippen LogP contribution in [0.25, 0.3) is 0 Å². The van der Waals surface area contributed by atoms with Crippen molar-refractivity contribution in [3.05, 3.63) is 17.0 Å². The Morgan fingerprint density at radius 2 is 2.05 bits per heavy atom. The first kappa shape index (κ1) is 16.7. The second-order valence-electron chi connectivity index (χ2n) is 5.41. The van der Waals surface area contributed by atoms with Crippen LogP contribution in [0.2, 0.25) is 0 Å². The minimum absolute atomic E-state index is 0.212. The van der Waals surface area contributed by atoms with Crippen LogP contribution in [-0.4, -0.2) is 34.9 Å². The lowest BCUT2D eigenvalue weighted by Crippen LogP contribution is -2.42. The molecule has 5 nitrogen and oxygen atoms in total. The van der Waals surface area contributed by atoms with Crippen molar-refractivity contribution in [2.45, 2.75) is 66.1 Å². The van der Waals surface area contributed by atoms with Gasteiger partial charge in [0.25, 0.3) is 0 Å². The van der Waals surface area contributed by atoms with Crippen LogP contribution in [-0.2, 0) is 22.5 Å². The van der Waals surface area contributed by atoms with E-state index in [-0.39, 0.29) is 18.1 Å². The predicted molar refractivity (Wildman–Crippen MR) is 79.8 cm³/mol. The quantitative estimate of drug-likeness (QED) is 0.777. The number of methoxy groups -OCH3 is 1. The number of esters is 1. The number of aromatic nitrogens is 2. The summed E-state index contributed by atoms with van der Waals surface area (Å²) in [6, 6.07) is -0.0419. The molecule has 0 aliphatic carbocycles. The summed E-state index contributed by atoms with van der Waals surface area (Å²) in [5, 5.41) is 7.79. The molecule has 1 atom stereocenters. The number of hydrogen-bond acceptors (Lipinski definition) is 4. The van der Waals surface area contributed by atoms with E-state index in [2.05, 4.69) is 24.3 Å². The number of aryl methyl sites for hydroxylation is 2. The van der Waals surface area contributed by atoms with Crippen LogP contribution in [0.5, 0.6) is 0 Å². The maximum absolute atomic E-state index is 11.8. The smallest absolute Gasteiger partial charge is 0.322 e. The van der Waals surface area contributed by atoms with Gasteiger partial charge in [0.1, 0.15) is 6.04 Å². The highest BCUT2D eigenvalue weighted by atomic mass is 16.5. The predicted octanol–water partition coefficient (Wildman–Crippen LogP) is 1.99. The Morgan fingerprint density at radius 3 is 2.50 bits per heavy atom. The Labute approximate surface area is 121 Å². The Kier molecular flexibility index (Phi) is 6.20. The van der Waals surface area contributed by atoms with Crippen molar-refractivity contribution in [2.24, 2.45) is 0 Å². The lowest BCUT2D eigenvalue weighted by Gasteiger charge is -2.19. The van der Waals surface area contributed by atoms with E-state index in [1.807, 2.05) is 25.5 Å². The van der Waals surface area contributed by atoms with Gasteiger partial charge in [0.15, 0.2) is 0 Å². The molecule has 0 radical (unpaired) electrons. The lowest BCUT2D eigenvalue weighted by atomic mass is 10.1. The Hall–Kier alpha value is -1.36. The monoisotopic (exact) mass is 281 g/mol. The van der Waals surface area contributed by atoms with Crippen molar-refractivity contribution in [1.29, 1.82) is 0 Å². The van der Waals surface area contributed by atoms with Gasteiger partial charge < -0.3 is 10.1 Å². The van der Waals surface area contributed by atoms with Crippen molar-refractivity contribution in [3.63, 3.8) is 0 Å². The van der Waals surface area contributed by atoms with Gasteiger partial charge in [0, 0.05) is 18.3 Å². The lowest BCUT2D eigenvalue weighted by molar-refractivity contribution is -0.143. The van der Waals surface area contributed by atoms with Crippen LogP contribution in [0.4, 0.5) is 0 Å². The van der Waals surface area contributed by atoms with E-state index in [1.54, 1.807) is 0 Å². The van der Waals surface area contributed by atoms with Gasteiger partial charge in [-0.2, -0.15) is 5.10 Å². The molecule has 0 aromatic carbocycles. The summed E-state index contributed by atoms with van der Waals surface area (Å²) < 4.78 is 6.84. The van der Waals surface area contributed by atoms with Crippen LogP contribution in [0.1, 0.15) is 44.1 Å². The molecule has 114 valence electrons. The van der Waals surface area contributed by atoms with Crippen molar-refractivity contribution in [1.82, 2.24) is 15.1 Å². The van der Waals surface area contributed by atoms with Crippen LogP contribution in [0.15, 0.2) is 0 Å².